The summed E-state index contributed by atoms with van der Waals surface area (Å²) in [5.41, 5.74) is 1.38. The van der Waals surface area contributed by atoms with Gasteiger partial charge in [0.2, 0.25) is 0 Å². The van der Waals surface area contributed by atoms with Crippen molar-refractivity contribution in [3.8, 4) is 11.5 Å². The molecule has 4 nitrogen and oxygen atoms in total. The molecule has 94 valence electrons. The summed E-state index contributed by atoms with van der Waals surface area (Å²) in [5.74, 6) is 0.693. The lowest BCUT2D eigenvalue weighted by molar-refractivity contribution is -0.0991. The van der Waals surface area contributed by atoms with E-state index >= 15 is 0 Å². The Bertz CT molecular complexity index is 388. The summed E-state index contributed by atoms with van der Waals surface area (Å²) in [6.45, 7) is 5.58. The van der Waals surface area contributed by atoms with E-state index in [0.717, 1.165) is 31.9 Å². The van der Waals surface area contributed by atoms with Gasteiger partial charge in [-0.15, -0.1) is 0 Å². The van der Waals surface area contributed by atoms with E-state index < -0.39 is 0 Å². The molecular weight excluding hydrogens is 218 g/mol. The zero-order valence-corrected chi connectivity index (χ0v) is 10.3. The quantitative estimate of drug-likeness (QED) is 0.815. The molecule has 4 heteroatoms. The van der Waals surface area contributed by atoms with Crippen LogP contribution in [0.1, 0.15) is 12.5 Å². The molecule has 0 atom stereocenters. The van der Waals surface area contributed by atoms with Crippen LogP contribution in [0.25, 0.3) is 0 Å². The molecule has 1 saturated heterocycles. The van der Waals surface area contributed by atoms with Crippen molar-refractivity contribution in [2.75, 3.05) is 26.9 Å². The normalized spacial score (nSPS) is 17.5. The van der Waals surface area contributed by atoms with E-state index in [2.05, 4.69) is 12.2 Å². The summed E-state index contributed by atoms with van der Waals surface area (Å²) in [6, 6.07) is 5.40. The lowest BCUT2D eigenvalue weighted by atomic mass is 9.89. The number of hydrogen-bond donors (Lipinski definition) is 2. The van der Waals surface area contributed by atoms with Crippen LogP contribution in [-0.4, -0.2) is 32.0 Å². The summed E-state index contributed by atoms with van der Waals surface area (Å²) in [6.07, 6.45) is 0. The van der Waals surface area contributed by atoms with Crippen LogP contribution >= 0.6 is 0 Å². The van der Waals surface area contributed by atoms with Crippen LogP contribution in [0.3, 0.4) is 0 Å². The zero-order valence-electron chi connectivity index (χ0n) is 10.3. The summed E-state index contributed by atoms with van der Waals surface area (Å²) in [5, 5.41) is 12.9. The van der Waals surface area contributed by atoms with E-state index in [1.165, 1.54) is 0 Å². The highest BCUT2D eigenvalue weighted by molar-refractivity contribution is 5.41. The van der Waals surface area contributed by atoms with Gasteiger partial charge in [-0.1, -0.05) is 13.0 Å². The van der Waals surface area contributed by atoms with Crippen LogP contribution in [0, 0.1) is 5.41 Å². The van der Waals surface area contributed by atoms with Gasteiger partial charge in [-0.2, -0.15) is 0 Å². The number of ether oxygens (including phenoxy) is 2. The summed E-state index contributed by atoms with van der Waals surface area (Å²) < 4.78 is 10.3. The van der Waals surface area contributed by atoms with E-state index in [4.69, 9.17) is 9.47 Å². The van der Waals surface area contributed by atoms with Crippen molar-refractivity contribution in [2.24, 2.45) is 5.41 Å². The first kappa shape index (κ1) is 12.2. The van der Waals surface area contributed by atoms with E-state index in [1.54, 1.807) is 13.2 Å². The molecule has 1 aliphatic heterocycles. The Morgan fingerprint density at radius 2 is 2.24 bits per heavy atom. The topological polar surface area (TPSA) is 50.7 Å². The molecule has 0 aliphatic carbocycles. The first-order valence-electron chi connectivity index (χ1n) is 5.77. The van der Waals surface area contributed by atoms with Crippen LogP contribution in [-0.2, 0) is 11.3 Å². The fourth-order valence-electron chi connectivity index (χ4n) is 1.89. The van der Waals surface area contributed by atoms with Crippen LogP contribution in [0.4, 0.5) is 0 Å². The van der Waals surface area contributed by atoms with Crippen molar-refractivity contribution in [1.82, 2.24) is 5.32 Å². The average Bonchev–Trinajstić information content (AvgIpc) is 2.29. The average molecular weight is 237 g/mol. The van der Waals surface area contributed by atoms with Crippen LogP contribution < -0.4 is 10.1 Å². The molecule has 17 heavy (non-hydrogen) atoms. The molecule has 0 unspecified atom stereocenters. The van der Waals surface area contributed by atoms with Crippen molar-refractivity contribution < 1.29 is 14.6 Å². The fraction of sp³-hybridized carbons (Fsp3) is 0.538. The Morgan fingerprint density at radius 1 is 1.47 bits per heavy atom. The van der Waals surface area contributed by atoms with Gasteiger partial charge in [0, 0.05) is 18.5 Å². The van der Waals surface area contributed by atoms with E-state index in [0.29, 0.717) is 5.75 Å². The predicted molar refractivity (Wildman–Crippen MR) is 65.3 cm³/mol. The number of phenols is 1. The Kier molecular flexibility index (Phi) is 3.54. The summed E-state index contributed by atoms with van der Waals surface area (Å²) >= 11 is 0. The van der Waals surface area contributed by atoms with E-state index in [9.17, 15) is 5.11 Å². The highest BCUT2D eigenvalue weighted by Gasteiger charge is 2.32. The Balaban J connectivity index is 1.86. The summed E-state index contributed by atoms with van der Waals surface area (Å²) in [4.78, 5) is 0. The fourth-order valence-corrected chi connectivity index (χ4v) is 1.89. The van der Waals surface area contributed by atoms with E-state index in [-0.39, 0.29) is 11.2 Å². The van der Waals surface area contributed by atoms with Crippen LogP contribution in [0.5, 0.6) is 11.5 Å². The van der Waals surface area contributed by atoms with Crippen molar-refractivity contribution in [2.45, 2.75) is 13.5 Å². The smallest absolute Gasteiger partial charge is 0.160 e. The monoisotopic (exact) mass is 237 g/mol. The molecule has 1 aliphatic rings. The van der Waals surface area contributed by atoms with Gasteiger partial charge in [0.15, 0.2) is 11.5 Å². The van der Waals surface area contributed by atoms with Gasteiger partial charge in [-0.25, -0.2) is 0 Å². The molecule has 0 amide bonds. The second kappa shape index (κ2) is 4.94. The van der Waals surface area contributed by atoms with Crippen LogP contribution in [0.15, 0.2) is 18.2 Å². The number of aromatic hydroxyl groups is 1. The zero-order chi connectivity index (χ0) is 12.3. The largest absolute Gasteiger partial charge is 0.504 e. The molecule has 1 heterocycles. The standard InChI is InChI=1S/C13H19NO3/c1-13(8-17-9-13)7-14-6-10-3-4-11(15)12(5-10)16-2/h3-5,14-15H,6-9H2,1-2H3. The second-order valence-electron chi connectivity index (χ2n) is 4.91. The molecule has 0 bridgehead atoms. The van der Waals surface area contributed by atoms with Crippen molar-refractivity contribution in [3.63, 3.8) is 0 Å². The third kappa shape index (κ3) is 2.90. The maximum atomic E-state index is 9.47. The molecular formula is C13H19NO3. The Labute approximate surface area is 102 Å². The van der Waals surface area contributed by atoms with Crippen molar-refractivity contribution >= 4 is 0 Å². The second-order valence-corrected chi connectivity index (χ2v) is 4.91. The third-order valence-electron chi connectivity index (χ3n) is 3.03. The first-order chi connectivity index (χ1) is 8.13. The lowest BCUT2D eigenvalue weighted by Gasteiger charge is -2.38. The Morgan fingerprint density at radius 3 is 2.82 bits per heavy atom. The Hall–Kier alpha value is -1.26. The van der Waals surface area contributed by atoms with Crippen molar-refractivity contribution in [3.05, 3.63) is 23.8 Å². The number of phenolic OH excluding ortho intramolecular Hbond substituents is 1. The number of rotatable bonds is 5. The molecule has 0 saturated carbocycles. The maximum Gasteiger partial charge on any atom is 0.160 e. The molecule has 1 fully saturated rings. The van der Waals surface area contributed by atoms with Gasteiger partial charge < -0.3 is 19.9 Å². The highest BCUT2D eigenvalue weighted by atomic mass is 16.5. The maximum absolute atomic E-state index is 9.47. The minimum absolute atomic E-state index is 0.176. The predicted octanol–water partition coefficient (Wildman–Crippen LogP) is 1.53. The number of nitrogens with one attached hydrogen (secondary N) is 1. The van der Waals surface area contributed by atoms with E-state index in [1.807, 2.05) is 12.1 Å². The summed E-state index contributed by atoms with van der Waals surface area (Å²) in [7, 11) is 1.55. The number of methoxy groups -OCH3 is 1. The number of hydrogen-bond acceptors (Lipinski definition) is 4. The van der Waals surface area contributed by atoms with Gasteiger partial charge in [0.25, 0.3) is 0 Å². The van der Waals surface area contributed by atoms with Gasteiger partial charge in [0.05, 0.1) is 20.3 Å². The molecule has 2 N–H and O–H groups in total. The van der Waals surface area contributed by atoms with Gasteiger partial charge in [-0.05, 0) is 17.7 Å². The molecule has 2 rings (SSSR count). The minimum Gasteiger partial charge on any atom is -0.504 e. The molecule has 0 spiro atoms. The van der Waals surface area contributed by atoms with Crippen molar-refractivity contribution in [1.29, 1.82) is 0 Å². The number of benzene rings is 1. The molecule has 0 aromatic heterocycles. The lowest BCUT2D eigenvalue weighted by Crippen LogP contribution is -2.47. The molecule has 1 aromatic carbocycles. The highest BCUT2D eigenvalue weighted by Crippen LogP contribution is 2.27. The SMILES string of the molecule is COc1cc(CNCC2(C)COC2)ccc1O. The minimum atomic E-state index is 0.176. The third-order valence-corrected chi connectivity index (χ3v) is 3.03. The van der Waals surface area contributed by atoms with Gasteiger partial charge in [0.1, 0.15) is 0 Å². The van der Waals surface area contributed by atoms with Gasteiger partial charge >= 0.3 is 0 Å². The first-order valence-corrected chi connectivity index (χ1v) is 5.77. The molecule has 1 aromatic rings. The van der Waals surface area contributed by atoms with Crippen LogP contribution in [0.2, 0.25) is 0 Å². The van der Waals surface area contributed by atoms with Gasteiger partial charge in [-0.3, -0.25) is 0 Å². The molecule has 0 radical (unpaired) electrons.